The highest BCUT2D eigenvalue weighted by Crippen LogP contribution is 2.11. The first kappa shape index (κ1) is 14.0. The molecule has 2 heterocycles. The Balaban J connectivity index is 2.20. The summed E-state index contributed by atoms with van der Waals surface area (Å²) < 4.78 is 1.58. The number of amides is 1. The van der Waals surface area contributed by atoms with Crippen molar-refractivity contribution in [2.75, 3.05) is 0 Å². The minimum absolute atomic E-state index is 0.181. The number of carbonyl (C=O) groups is 2. The number of nitrogens with one attached hydrogen (secondary N) is 1. The monoisotopic (exact) mass is 275 g/mol. The fourth-order valence-corrected chi connectivity index (χ4v) is 2.04. The predicted octanol–water partition coefficient (Wildman–Crippen LogP) is 1.56. The maximum atomic E-state index is 12.2. The molecule has 2 aromatic heterocycles. The lowest BCUT2D eigenvalue weighted by molar-refractivity contribution is -0.139. The number of rotatable bonds is 5. The van der Waals surface area contributed by atoms with Crippen molar-refractivity contribution in [3.63, 3.8) is 0 Å². The number of nitrogens with zero attached hydrogens (tertiary/aromatic N) is 2. The molecule has 2 aromatic rings. The molecule has 0 radical (unpaired) electrons. The first-order valence-electron chi connectivity index (χ1n) is 6.45. The van der Waals surface area contributed by atoms with E-state index >= 15 is 0 Å². The van der Waals surface area contributed by atoms with E-state index in [9.17, 15) is 9.59 Å². The van der Waals surface area contributed by atoms with Gasteiger partial charge in [-0.15, -0.1) is 0 Å². The molecule has 0 saturated heterocycles. The standard InChI is InChI=1S/C14H17N3O3/c1-9(2)7-11(14(19)20)16-13(18)10-8-15-17-6-4-3-5-12(10)17/h3-6,8-9,11H,7H2,1-2H3,(H,16,18)(H,19,20)/t11-/m1/s1. The number of carboxylic acids is 1. The lowest BCUT2D eigenvalue weighted by atomic mass is 10.0. The van der Waals surface area contributed by atoms with Gasteiger partial charge >= 0.3 is 5.97 Å². The van der Waals surface area contributed by atoms with E-state index in [0.717, 1.165) is 0 Å². The Morgan fingerprint density at radius 2 is 2.15 bits per heavy atom. The van der Waals surface area contributed by atoms with Crippen LogP contribution in [0.2, 0.25) is 0 Å². The first-order valence-corrected chi connectivity index (χ1v) is 6.45. The summed E-state index contributed by atoms with van der Waals surface area (Å²) in [4.78, 5) is 23.4. The fourth-order valence-electron chi connectivity index (χ4n) is 2.04. The van der Waals surface area contributed by atoms with Gasteiger partial charge in [-0.1, -0.05) is 19.9 Å². The van der Waals surface area contributed by atoms with Crippen molar-refractivity contribution in [3.05, 3.63) is 36.2 Å². The van der Waals surface area contributed by atoms with E-state index in [4.69, 9.17) is 5.11 Å². The normalized spacial score (nSPS) is 12.6. The number of carboxylic acid groups (broad SMARTS) is 1. The second kappa shape index (κ2) is 5.73. The third kappa shape index (κ3) is 2.96. The minimum Gasteiger partial charge on any atom is -0.480 e. The second-order valence-electron chi connectivity index (χ2n) is 5.08. The highest BCUT2D eigenvalue weighted by molar-refractivity contribution is 6.02. The SMILES string of the molecule is CC(C)C[C@@H](NC(=O)c1cnn2ccccc12)C(=O)O. The minimum atomic E-state index is -1.02. The van der Waals surface area contributed by atoms with Gasteiger partial charge in [-0.2, -0.15) is 5.10 Å². The Morgan fingerprint density at radius 3 is 2.80 bits per heavy atom. The van der Waals surface area contributed by atoms with Crippen LogP contribution in [0.3, 0.4) is 0 Å². The highest BCUT2D eigenvalue weighted by atomic mass is 16.4. The number of aliphatic carboxylic acids is 1. The van der Waals surface area contributed by atoms with Gasteiger partial charge in [0.15, 0.2) is 0 Å². The van der Waals surface area contributed by atoms with Gasteiger partial charge in [0.25, 0.3) is 5.91 Å². The summed E-state index contributed by atoms with van der Waals surface area (Å²) in [5.41, 5.74) is 1.03. The zero-order valence-electron chi connectivity index (χ0n) is 11.4. The molecule has 1 amide bonds. The van der Waals surface area contributed by atoms with Gasteiger partial charge in [-0.3, -0.25) is 4.79 Å². The Labute approximate surface area is 116 Å². The Bertz CT molecular complexity index is 633. The van der Waals surface area contributed by atoms with E-state index < -0.39 is 17.9 Å². The van der Waals surface area contributed by atoms with Gasteiger partial charge in [0.1, 0.15) is 6.04 Å². The highest BCUT2D eigenvalue weighted by Gasteiger charge is 2.23. The topological polar surface area (TPSA) is 83.7 Å². The summed E-state index contributed by atoms with van der Waals surface area (Å²) in [5.74, 6) is -1.26. The van der Waals surface area contributed by atoms with Crippen molar-refractivity contribution in [1.82, 2.24) is 14.9 Å². The third-order valence-electron chi connectivity index (χ3n) is 2.98. The maximum absolute atomic E-state index is 12.2. The van der Waals surface area contributed by atoms with Crippen LogP contribution in [0.1, 0.15) is 30.6 Å². The van der Waals surface area contributed by atoms with Crippen molar-refractivity contribution in [2.45, 2.75) is 26.3 Å². The van der Waals surface area contributed by atoms with Crippen LogP contribution in [0.15, 0.2) is 30.6 Å². The van der Waals surface area contributed by atoms with Gasteiger partial charge in [-0.25, -0.2) is 9.31 Å². The molecule has 0 spiro atoms. The molecule has 6 heteroatoms. The lowest BCUT2D eigenvalue weighted by Gasteiger charge is -2.16. The summed E-state index contributed by atoms with van der Waals surface area (Å²) in [6.45, 7) is 3.83. The molecule has 6 nitrogen and oxygen atoms in total. The van der Waals surface area contributed by atoms with Crippen LogP contribution in [-0.2, 0) is 4.79 Å². The molecule has 20 heavy (non-hydrogen) atoms. The molecule has 0 aliphatic carbocycles. The van der Waals surface area contributed by atoms with Crippen LogP contribution < -0.4 is 5.32 Å². The van der Waals surface area contributed by atoms with Crippen LogP contribution in [0.4, 0.5) is 0 Å². The molecule has 0 saturated carbocycles. The molecule has 0 unspecified atom stereocenters. The molecular formula is C14H17N3O3. The predicted molar refractivity (Wildman–Crippen MR) is 73.5 cm³/mol. The smallest absolute Gasteiger partial charge is 0.326 e. The van der Waals surface area contributed by atoms with E-state index in [1.165, 1.54) is 6.20 Å². The summed E-state index contributed by atoms with van der Waals surface area (Å²) in [5, 5.41) is 15.8. The summed E-state index contributed by atoms with van der Waals surface area (Å²) >= 11 is 0. The number of aromatic nitrogens is 2. The average molecular weight is 275 g/mol. The van der Waals surface area contributed by atoms with E-state index in [-0.39, 0.29) is 5.92 Å². The van der Waals surface area contributed by atoms with Crippen molar-refractivity contribution < 1.29 is 14.7 Å². The molecule has 2 N–H and O–H groups in total. The maximum Gasteiger partial charge on any atom is 0.326 e. The summed E-state index contributed by atoms with van der Waals surface area (Å²) in [6, 6.07) is 4.48. The van der Waals surface area contributed by atoms with Crippen LogP contribution in [0, 0.1) is 5.92 Å². The summed E-state index contributed by atoms with van der Waals surface area (Å²) in [7, 11) is 0. The molecule has 0 bridgehead atoms. The zero-order chi connectivity index (χ0) is 14.7. The Morgan fingerprint density at radius 1 is 1.40 bits per heavy atom. The van der Waals surface area contributed by atoms with E-state index in [1.54, 1.807) is 28.9 Å². The molecule has 1 atom stereocenters. The van der Waals surface area contributed by atoms with E-state index in [0.29, 0.717) is 17.5 Å². The number of fused-ring (bicyclic) bond motifs is 1. The largest absolute Gasteiger partial charge is 0.480 e. The van der Waals surface area contributed by atoms with Crippen molar-refractivity contribution in [2.24, 2.45) is 5.92 Å². The van der Waals surface area contributed by atoms with Gasteiger partial charge in [0.2, 0.25) is 0 Å². The molecule has 2 rings (SSSR count). The van der Waals surface area contributed by atoms with E-state index in [2.05, 4.69) is 10.4 Å². The fraction of sp³-hybridized carbons (Fsp3) is 0.357. The number of pyridine rings is 1. The molecule has 106 valence electrons. The van der Waals surface area contributed by atoms with Gasteiger partial charge in [0, 0.05) is 6.20 Å². The first-order chi connectivity index (χ1) is 9.49. The Kier molecular flexibility index (Phi) is 4.02. The molecule has 0 aliphatic rings. The van der Waals surface area contributed by atoms with E-state index in [1.807, 2.05) is 13.8 Å². The quantitative estimate of drug-likeness (QED) is 0.867. The average Bonchev–Trinajstić information content (AvgIpc) is 2.81. The third-order valence-corrected chi connectivity index (χ3v) is 2.98. The van der Waals surface area contributed by atoms with Crippen LogP contribution in [0.25, 0.3) is 5.52 Å². The lowest BCUT2D eigenvalue weighted by Crippen LogP contribution is -2.41. The molecule has 0 aromatic carbocycles. The summed E-state index contributed by atoms with van der Waals surface area (Å²) in [6.07, 6.45) is 3.56. The molecule has 0 aliphatic heterocycles. The van der Waals surface area contributed by atoms with Crippen molar-refractivity contribution in [3.8, 4) is 0 Å². The van der Waals surface area contributed by atoms with Gasteiger partial charge in [-0.05, 0) is 24.5 Å². The van der Waals surface area contributed by atoms with Gasteiger partial charge < -0.3 is 10.4 Å². The van der Waals surface area contributed by atoms with Crippen molar-refractivity contribution >= 4 is 17.4 Å². The zero-order valence-corrected chi connectivity index (χ0v) is 11.4. The molecular weight excluding hydrogens is 258 g/mol. The Hall–Kier alpha value is -2.37. The van der Waals surface area contributed by atoms with Crippen LogP contribution in [0.5, 0.6) is 0 Å². The number of hydrogen-bond donors (Lipinski definition) is 2. The number of carbonyl (C=O) groups excluding carboxylic acids is 1. The molecule has 0 fully saturated rings. The van der Waals surface area contributed by atoms with Gasteiger partial charge in [0.05, 0.1) is 17.3 Å². The number of hydrogen-bond acceptors (Lipinski definition) is 3. The second-order valence-corrected chi connectivity index (χ2v) is 5.08. The van der Waals surface area contributed by atoms with Crippen molar-refractivity contribution in [1.29, 1.82) is 0 Å². The van der Waals surface area contributed by atoms with Crippen LogP contribution in [-0.4, -0.2) is 32.6 Å². The van der Waals surface area contributed by atoms with Crippen LogP contribution >= 0.6 is 0 Å².